The van der Waals surface area contributed by atoms with E-state index in [2.05, 4.69) is 54.7 Å². The number of hydrogen-bond acceptors (Lipinski definition) is 5. The van der Waals surface area contributed by atoms with Crippen molar-refractivity contribution in [3.8, 4) is 0 Å². The Kier molecular flexibility index (Phi) is 7.03. The van der Waals surface area contributed by atoms with Crippen LogP contribution in [0.3, 0.4) is 0 Å². The minimum atomic E-state index is 0.230. The van der Waals surface area contributed by atoms with Crippen molar-refractivity contribution >= 4 is 0 Å². The summed E-state index contributed by atoms with van der Waals surface area (Å²) < 4.78 is 5.47. The van der Waals surface area contributed by atoms with Crippen LogP contribution in [-0.2, 0) is 0 Å². The van der Waals surface area contributed by atoms with Crippen molar-refractivity contribution < 1.29 is 4.52 Å². The number of unbranched alkanes of at least 4 members (excludes halogenated alkanes) is 1. The predicted octanol–water partition coefficient (Wildman–Crippen LogP) is 3.70. The second kappa shape index (κ2) is 8.78. The van der Waals surface area contributed by atoms with Gasteiger partial charge in [0.2, 0.25) is 5.89 Å². The molecule has 0 spiro atoms. The topological polar surface area (TPSA) is 45.4 Å². The lowest BCUT2D eigenvalue weighted by atomic mass is 9.95. The molecule has 23 heavy (non-hydrogen) atoms. The highest BCUT2D eigenvalue weighted by Gasteiger charge is 2.27. The van der Waals surface area contributed by atoms with E-state index in [0.29, 0.717) is 5.92 Å². The van der Waals surface area contributed by atoms with Gasteiger partial charge in [-0.1, -0.05) is 32.3 Å². The van der Waals surface area contributed by atoms with Crippen LogP contribution in [0.2, 0.25) is 0 Å². The highest BCUT2D eigenvalue weighted by Crippen LogP contribution is 2.26. The molecule has 1 aromatic heterocycles. The molecule has 0 radical (unpaired) electrons. The highest BCUT2D eigenvalue weighted by atomic mass is 16.5. The zero-order valence-electron chi connectivity index (χ0n) is 15.6. The summed E-state index contributed by atoms with van der Waals surface area (Å²) >= 11 is 0. The van der Waals surface area contributed by atoms with Crippen LogP contribution in [0.25, 0.3) is 0 Å². The Hall–Kier alpha value is -0.940. The molecule has 1 fully saturated rings. The predicted molar refractivity (Wildman–Crippen MR) is 93.5 cm³/mol. The minimum absolute atomic E-state index is 0.230. The van der Waals surface area contributed by atoms with Crippen molar-refractivity contribution in [2.24, 2.45) is 5.92 Å². The summed E-state index contributed by atoms with van der Waals surface area (Å²) in [5, 5.41) is 4.10. The Morgan fingerprint density at radius 1 is 1.26 bits per heavy atom. The third-order valence-corrected chi connectivity index (χ3v) is 4.99. The molecule has 1 atom stereocenters. The number of nitrogens with zero attached hydrogens (tertiary/aromatic N) is 4. The maximum absolute atomic E-state index is 5.47. The van der Waals surface area contributed by atoms with E-state index >= 15 is 0 Å². The molecule has 5 heteroatoms. The lowest BCUT2D eigenvalue weighted by Gasteiger charge is -2.36. The number of piperidine rings is 1. The van der Waals surface area contributed by atoms with E-state index < -0.39 is 0 Å². The van der Waals surface area contributed by atoms with Crippen molar-refractivity contribution in [1.29, 1.82) is 0 Å². The molecular weight excluding hydrogens is 288 g/mol. The Bertz CT molecular complexity index is 452. The highest BCUT2D eigenvalue weighted by molar-refractivity contribution is 4.96. The van der Waals surface area contributed by atoms with Crippen molar-refractivity contribution in [2.45, 2.75) is 65.3 Å². The maximum Gasteiger partial charge on any atom is 0.243 e. The van der Waals surface area contributed by atoms with E-state index in [1.807, 2.05) is 0 Å². The van der Waals surface area contributed by atoms with Crippen molar-refractivity contribution in [3.05, 3.63) is 11.7 Å². The van der Waals surface area contributed by atoms with Crippen molar-refractivity contribution in [3.63, 3.8) is 0 Å². The first kappa shape index (κ1) is 18.4. The maximum atomic E-state index is 5.47. The average Bonchev–Trinajstić information content (AvgIpc) is 3.03. The fourth-order valence-corrected chi connectivity index (χ4v) is 3.29. The van der Waals surface area contributed by atoms with Gasteiger partial charge in [0.1, 0.15) is 0 Å². The number of hydrogen-bond donors (Lipinski definition) is 0. The third-order valence-electron chi connectivity index (χ3n) is 4.99. The van der Waals surface area contributed by atoms with E-state index in [9.17, 15) is 0 Å². The van der Waals surface area contributed by atoms with Crippen LogP contribution in [0.5, 0.6) is 0 Å². The molecule has 2 rings (SSSR count). The van der Waals surface area contributed by atoms with Gasteiger partial charge in [-0.25, -0.2) is 0 Å². The van der Waals surface area contributed by atoms with Crippen LogP contribution in [0.1, 0.15) is 77.1 Å². The fourth-order valence-electron chi connectivity index (χ4n) is 3.29. The zero-order chi connectivity index (χ0) is 16.8. The monoisotopic (exact) mass is 322 g/mol. The van der Waals surface area contributed by atoms with E-state index in [4.69, 9.17) is 4.52 Å². The van der Waals surface area contributed by atoms with Crippen LogP contribution in [0.4, 0.5) is 0 Å². The first-order valence-electron chi connectivity index (χ1n) is 9.27. The standard InChI is InChI=1S/C18H34N4O/c1-6-7-10-21(5)13-16-8-11-22(12-9-16)15(4)18-19-17(14(2)3)20-23-18/h14-16H,6-13H2,1-5H3. The summed E-state index contributed by atoms with van der Waals surface area (Å²) in [4.78, 5) is 9.54. The summed E-state index contributed by atoms with van der Waals surface area (Å²) in [6.07, 6.45) is 5.13. The molecule has 1 unspecified atom stereocenters. The van der Waals surface area contributed by atoms with Gasteiger partial charge in [-0.15, -0.1) is 0 Å². The molecule has 0 bridgehead atoms. The van der Waals surface area contributed by atoms with Gasteiger partial charge in [-0.05, 0) is 58.8 Å². The SMILES string of the molecule is CCCCN(C)CC1CCN(C(C)c2nc(C(C)C)no2)CC1. The van der Waals surface area contributed by atoms with Gasteiger partial charge in [0.05, 0.1) is 6.04 Å². The van der Waals surface area contributed by atoms with Crippen LogP contribution in [-0.4, -0.2) is 53.2 Å². The summed E-state index contributed by atoms with van der Waals surface area (Å²) in [6, 6.07) is 0.230. The van der Waals surface area contributed by atoms with E-state index in [0.717, 1.165) is 30.7 Å². The van der Waals surface area contributed by atoms with Crippen LogP contribution >= 0.6 is 0 Å². The molecule has 0 N–H and O–H groups in total. The lowest BCUT2D eigenvalue weighted by molar-refractivity contribution is 0.105. The van der Waals surface area contributed by atoms with Gasteiger partial charge in [-0.3, -0.25) is 4.90 Å². The second-order valence-electron chi connectivity index (χ2n) is 7.42. The van der Waals surface area contributed by atoms with Gasteiger partial charge in [0.15, 0.2) is 5.82 Å². The number of likely N-dealkylation sites (tertiary alicyclic amines) is 1. The molecule has 1 aromatic rings. The normalized spacial score (nSPS) is 18.9. The van der Waals surface area contributed by atoms with Crippen LogP contribution in [0, 0.1) is 5.92 Å². The molecule has 0 aromatic carbocycles. The molecule has 132 valence electrons. The molecule has 1 saturated heterocycles. The quantitative estimate of drug-likeness (QED) is 0.730. The smallest absolute Gasteiger partial charge is 0.243 e. The second-order valence-corrected chi connectivity index (χ2v) is 7.42. The summed E-state index contributed by atoms with van der Waals surface area (Å²) in [5.74, 6) is 2.74. The van der Waals surface area contributed by atoms with Gasteiger partial charge < -0.3 is 9.42 Å². The zero-order valence-corrected chi connectivity index (χ0v) is 15.6. The Morgan fingerprint density at radius 3 is 2.52 bits per heavy atom. The molecule has 0 amide bonds. The summed E-state index contributed by atoms with van der Waals surface area (Å²) in [7, 11) is 2.26. The van der Waals surface area contributed by atoms with Gasteiger partial charge in [-0.2, -0.15) is 4.98 Å². The molecule has 1 aliphatic rings. The van der Waals surface area contributed by atoms with Gasteiger partial charge >= 0.3 is 0 Å². The molecule has 2 heterocycles. The Balaban J connectivity index is 1.79. The molecule has 5 nitrogen and oxygen atoms in total. The van der Waals surface area contributed by atoms with E-state index in [1.54, 1.807) is 0 Å². The van der Waals surface area contributed by atoms with E-state index in [1.165, 1.54) is 38.8 Å². The first-order valence-corrected chi connectivity index (χ1v) is 9.27. The minimum Gasteiger partial charge on any atom is -0.338 e. The van der Waals surface area contributed by atoms with Crippen LogP contribution < -0.4 is 0 Å². The van der Waals surface area contributed by atoms with Crippen LogP contribution in [0.15, 0.2) is 4.52 Å². The summed E-state index contributed by atoms with van der Waals surface area (Å²) in [6.45, 7) is 13.4. The number of rotatable bonds is 8. The average molecular weight is 322 g/mol. The first-order chi connectivity index (χ1) is 11.0. The molecule has 0 saturated carbocycles. The van der Waals surface area contributed by atoms with Gasteiger partial charge in [0, 0.05) is 12.5 Å². The van der Waals surface area contributed by atoms with E-state index in [-0.39, 0.29) is 6.04 Å². The number of aromatic nitrogens is 2. The molecular formula is C18H34N4O. The van der Waals surface area contributed by atoms with Gasteiger partial charge in [0.25, 0.3) is 0 Å². The van der Waals surface area contributed by atoms with Crippen molar-refractivity contribution in [2.75, 3.05) is 33.2 Å². The third kappa shape index (κ3) is 5.28. The fraction of sp³-hybridized carbons (Fsp3) is 0.889. The Morgan fingerprint density at radius 2 is 1.96 bits per heavy atom. The lowest BCUT2D eigenvalue weighted by Crippen LogP contribution is -2.39. The van der Waals surface area contributed by atoms with Crippen molar-refractivity contribution in [1.82, 2.24) is 19.9 Å². The largest absolute Gasteiger partial charge is 0.338 e. The molecule has 0 aliphatic carbocycles. The Labute approximate surface area is 141 Å². The summed E-state index contributed by atoms with van der Waals surface area (Å²) in [5.41, 5.74) is 0. The molecule has 1 aliphatic heterocycles.